The number of hydrogen-bond acceptors (Lipinski definition) is 4. The van der Waals surface area contributed by atoms with Crippen LogP contribution in [0.15, 0.2) is 24.3 Å². The van der Waals surface area contributed by atoms with Crippen LogP contribution in [0.1, 0.15) is 30.0 Å². The minimum absolute atomic E-state index is 0.589. The highest BCUT2D eigenvalue weighted by atomic mass is 32.1. The third kappa shape index (κ3) is 2.34. The second kappa shape index (κ2) is 5.54. The van der Waals surface area contributed by atoms with E-state index in [1.165, 1.54) is 16.1 Å². The lowest BCUT2D eigenvalue weighted by atomic mass is 9.94. The summed E-state index contributed by atoms with van der Waals surface area (Å²) in [6, 6.07) is 8.67. The van der Waals surface area contributed by atoms with Crippen molar-refractivity contribution in [2.45, 2.75) is 33.2 Å². The quantitative estimate of drug-likeness (QED) is 0.939. The molecule has 0 saturated carbocycles. The summed E-state index contributed by atoms with van der Waals surface area (Å²) < 4.78 is 0. The summed E-state index contributed by atoms with van der Waals surface area (Å²) in [5.74, 6) is 0.653. The number of benzene rings is 1. The molecular formula is C16H21N3S. The number of anilines is 2. The van der Waals surface area contributed by atoms with Gasteiger partial charge in [0.05, 0.1) is 5.69 Å². The molecule has 0 fully saturated rings. The van der Waals surface area contributed by atoms with Crippen LogP contribution in [0.4, 0.5) is 10.8 Å². The minimum Gasteiger partial charge on any atom is -0.326 e. The van der Waals surface area contributed by atoms with E-state index in [9.17, 15) is 0 Å². The first-order chi connectivity index (χ1) is 9.72. The van der Waals surface area contributed by atoms with E-state index in [0.29, 0.717) is 12.5 Å². The molecule has 4 heteroatoms. The largest absolute Gasteiger partial charge is 0.326 e. The number of hydrogen-bond donors (Lipinski definition) is 1. The van der Waals surface area contributed by atoms with Gasteiger partial charge in [0.2, 0.25) is 0 Å². The first-order valence-electron chi connectivity index (χ1n) is 7.27. The number of aromatic nitrogens is 1. The highest BCUT2D eigenvalue weighted by Gasteiger charge is 2.25. The summed E-state index contributed by atoms with van der Waals surface area (Å²) in [4.78, 5) is 8.41. The van der Waals surface area contributed by atoms with Crippen molar-refractivity contribution in [3.05, 3.63) is 40.4 Å². The Balaban J connectivity index is 2.03. The van der Waals surface area contributed by atoms with Crippen LogP contribution in [0.5, 0.6) is 0 Å². The van der Waals surface area contributed by atoms with Gasteiger partial charge in [0.1, 0.15) is 0 Å². The third-order valence-electron chi connectivity index (χ3n) is 3.86. The molecule has 0 radical (unpaired) electrons. The maximum Gasteiger partial charge on any atom is 0.190 e. The Morgan fingerprint density at radius 3 is 2.90 bits per heavy atom. The van der Waals surface area contributed by atoms with Crippen molar-refractivity contribution in [2.24, 2.45) is 11.7 Å². The van der Waals surface area contributed by atoms with Crippen LogP contribution in [-0.2, 0) is 19.4 Å². The Morgan fingerprint density at radius 1 is 1.40 bits per heavy atom. The number of fused-ring (bicyclic) bond motifs is 1. The molecule has 1 aliphatic rings. The maximum absolute atomic E-state index is 5.84. The third-order valence-corrected chi connectivity index (χ3v) is 5.01. The van der Waals surface area contributed by atoms with Crippen molar-refractivity contribution in [1.82, 2.24) is 4.98 Å². The molecule has 1 aromatic carbocycles. The van der Waals surface area contributed by atoms with Crippen LogP contribution in [0, 0.1) is 5.92 Å². The van der Waals surface area contributed by atoms with Crippen molar-refractivity contribution < 1.29 is 0 Å². The molecule has 106 valence electrons. The molecule has 3 rings (SSSR count). The summed E-state index contributed by atoms with van der Waals surface area (Å²) in [6.07, 6.45) is 2.11. The number of para-hydroxylation sites is 1. The number of rotatable bonds is 3. The maximum atomic E-state index is 5.84. The zero-order chi connectivity index (χ0) is 14.1. The molecule has 1 aliphatic heterocycles. The molecule has 0 amide bonds. The van der Waals surface area contributed by atoms with Gasteiger partial charge < -0.3 is 10.6 Å². The molecule has 0 aliphatic carbocycles. The number of nitrogens with two attached hydrogens (primary N) is 1. The number of nitrogens with zero attached hydrogens (tertiary/aromatic N) is 2. The van der Waals surface area contributed by atoms with Gasteiger partial charge in [0, 0.05) is 23.7 Å². The summed E-state index contributed by atoms with van der Waals surface area (Å²) in [7, 11) is 0. The zero-order valence-electron chi connectivity index (χ0n) is 12.1. The lowest BCUT2D eigenvalue weighted by Crippen LogP contribution is -2.30. The number of aryl methyl sites for hydroxylation is 1. The summed E-state index contributed by atoms with van der Waals surface area (Å²) in [5, 5.41) is 1.10. The molecular weight excluding hydrogens is 266 g/mol. The SMILES string of the molecule is CCc1nc(N2CC(C)Cc3ccccc32)sc1CN. The van der Waals surface area contributed by atoms with E-state index in [1.54, 1.807) is 11.3 Å². The van der Waals surface area contributed by atoms with E-state index in [0.717, 1.165) is 30.2 Å². The standard InChI is InChI=1S/C16H21N3S/c1-3-13-15(9-17)20-16(18-13)19-10-11(2)8-12-6-4-5-7-14(12)19/h4-7,11H,3,8-10,17H2,1-2H3. The fraction of sp³-hybridized carbons (Fsp3) is 0.438. The van der Waals surface area contributed by atoms with Crippen molar-refractivity contribution in [1.29, 1.82) is 0 Å². The van der Waals surface area contributed by atoms with Crippen LogP contribution < -0.4 is 10.6 Å². The van der Waals surface area contributed by atoms with E-state index < -0.39 is 0 Å². The van der Waals surface area contributed by atoms with E-state index in [-0.39, 0.29) is 0 Å². The minimum atomic E-state index is 0.589. The van der Waals surface area contributed by atoms with Crippen molar-refractivity contribution in [3.8, 4) is 0 Å². The van der Waals surface area contributed by atoms with E-state index >= 15 is 0 Å². The molecule has 2 heterocycles. The zero-order valence-corrected chi connectivity index (χ0v) is 12.9. The lowest BCUT2D eigenvalue weighted by molar-refractivity contribution is 0.561. The average Bonchev–Trinajstić information content (AvgIpc) is 2.89. The highest BCUT2D eigenvalue weighted by Crippen LogP contribution is 2.38. The van der Waals surface area contributed by atoms with Gasteiger partial charge in [-0.05, 0) is 30.4 Å². The van der Waals surface area contributed by atoms with Crippen LogP contribution in [0.2, 0.25) is 0 Å². The highest BCUT2D eigenvalue weighted by molar-refractivity contribution is 7.15. The topological polar surface area (TPSA) is 42.2 Å². The van der Waals surface area contributed by atoms with Crippen molar-refractivity contribution >= 4 is 22.2 Å². The van der Waals surface area contributed by atoms with E-state index in [4.69, 9.17) is 10.7 Å². The molecule has 1 unspecified atom stereocenters. The molecule has 3 nitrogen and oxygen atoms in total. The Morgan fingerprint density at radius 2 is 2.20 bits per heavy atom. The Labute approximate surface area is 124 Å². The van der Waals surface area contributed by atoms with Gasteiger partial charge >= 0.3 is 0 Å². The van der Waals surface area contributed by atoms with E-state index in [1.807, 2.05) is 0 Å². The van der Waals surface area contributed by atoms with Gasteiger partial charge in [-0.25, -0.2) is 4.98 Å². The van der Waals surface area contributed by atoms with Crippen LogP contribution >= 0.6 is 11.3 Å². The first kappa shape index (κ1) is 13.6. The number of thiazole rings is 1. The van der Waals surface area contributed by atoms with Crippen molar-refractivity contribution in [3.63, 3.8) is 0 Å². The van der Waals surface area contributed by atoms with Crippen LogP contribution in [-0.4, -0.2) is 11.5 Å². The molecule has 0 bridgehead atoms. The normalized spacial score (nSPS) is 18.1. The van der Waals surface area contributed by atoms with Gasteiger partial charge in [0.15, 0.2) is 5.13 Å². The lowest BCUT2D eigenvalue weighted by Gasteiger charge is -2.32. The van der Waals surface area contributed by atoms with Crippen LogP contribution in [0.3, 0.4) is 0 Å². The summed E-state index contributed by atoms with van der Waals surface area (Å²) in [6.45, 7) is 6.08. The summed E-state index contributed by atoms with van der Waals surface area (Å²) >= 11 is 1.75. The fourth-order valence-electron chi connectivity index (χ4n) is 2.90. The smallest absolute Gasteiger partial charge is 0.190 e. The second-order valence-corrected chi connectivity index (χ2v) is 6.53. The monoisotopic (exact) mass is 287 g/mol. The van der Waals surface area contributed by atoms with Crippen molar-refractivity contribution in [2.75, 3.05) is 11.4 Å². The average molecular weight is 287 g/mol. The first-order valence-corrected chi connectivity index (χ1v) is 8.08. The molecule has 20 heavy (non-hydrogen) atoms. The van der Waals surface area contributed by atoms with Crippen LogP contribution in [0.25, 0.3) is 0 Å². The van der Waals surface area contributed by atoms with Gasteiger partial charge in [-0.1, -0.05) is 43.4 Å². The molecule has 1 atom stereocenters. The molecule has 0 saturated heterocycles. The second-order valence-electron chi connectivity index (χ2n) is 5.47. The Bertz CT molecular complexity index is 584. The molecule has 0 spiro atoms. The summed E-state index contributed by atoms with van der Waals surface area (Å²) in [5.41, 5.74) is 9.73. The van der Waals surface area contributed by atoms with Gasteiger partial charge in [-0.3, -0.25) is 0 Å². The molecule has 1 aromatic heterocycles. The molecule has 2 aromatic rings. The Hall–Kier alpha value is -1.39. The van der Waals surface area contributed by atoms with Gasteiger partial charge in [-0.2, -0.15) is 0 Å². The van der Waals surface area contributed by atoms with E-state index in [2.05, 4.69) is 43.0 Å². The van der Waals surface area contributed by atoms with Gasteiger partial charge in [-0.15, -0.1) is 0 Å². The van der Waals surface area contributed by atoms with Gasteiger partial charge in [0.25, 0.3) is 0 Å². The molecule has 2 N–H and O–H groups in total. The fourth-order valence-corrected chi connectivity index (χ4v) is 3.95. The predicted molar refractivity (Wildman–Crippen MR) is 85.7 cm³/mol. The predicted octanol–water partition coefficient (Wildman–Crippen LogP) is 3.49. The Kier molecular flexibility index (Phi) is 3.76.